The van der Waals surface area contributed by atoms with Crippen molar-refractivity contribution in [2.45, 2.75) is 26.2 Å². The van der Waals surface area contributed by atoms with Crippen LogP contribution in [0.25, 0.3) is 0 Å². The summed E-state index contributed by atoms with van der Waals surface area (Å²) in [6.07, 6.45) is 3.22. The Morgan fingerprint density at radius 2 is 2.28 bits per heavy atom. The van der Waals surface area contributed by atoms with Crippen LogP contribution in [0.1, 0.15) is 25.3 Å². The molecule has 0 spiro atoms. The van der Waals surface area contributed by atoms with Crippen molar-refractivity contribution in [3.05, 3.63) is 23.8 Å². The second kappa shape index (κ2) is 6.10. The van der Waals surface area contributed by atoms with E-state index in [0.29, 0.717) is 5.92 Å². The summed E-state index contributed by atoms with van der Waals surface area (Å²) >= 11 is 0. The number of aliphatic hydroxyl groups excluding tert-OH is 1. The summed E-state index contributed by atoms with van der Waals surface area (Å²) in [7, 11) is 2.09. The number of anilines is 1. The average molecular weight is 249 g/mol. The maximum Gasteiger partial charge on any atom is 0.122 e. The SMILES string of the molecule is CCC(CO)CN(C)c1ccc2c(c1)CCCO2. The van der Waals surface area contributed by atoms with Gasteiger partial charge in [0.05, 0.1) is 6.61 Å². The predicted molar refractivity (Wildman–Crippen MR) is 74.4 cm³/mol. The van der Waals surface area contributed by atoms with Crippen LogP contribution in [0.15, 0.2) is 18.2 Å². The number of nitrogens with zero attached hydrogens (tertiary/aromatic N) is 1. The number of aliphatic hydroxyl groups is 1. The first-order chi connectivity index (χ1) is 8.74. The van der Waals surface area contributed by atoms with Gasteiger partial charge in [-0.3, -0.25) is 0 Å². The van der Waals surface area contributed by atoms with E-state index >= 15 is 0 Å². The first-order valence-electron chi connectivity index (χ1n) is 6.82. The Kier molecular flexibility index (Phi) is 4.48. The van der Waals surface area contributed by atoms with Crippen molar-refractivity contribution < 1.29 is 9.84 Å². The lowest BCUT2D eigenvalue weighted by Crippen LogP contribution is -2.27. The van der Waals surface area contributed by atoms with Crippen molar-refractivity contribution in [2.75, 3.05) is 31.7 Å². The Bertz CT molecular complexity index is 388. The first-order valence-corrected chi connectivity index (χ1v) is 6.82. The molecule has 1 aliphatic rings. The van der Waals surface area contributed by atoms with Crippen LogP contribution in [-0.2, 0) is 6.42 Å². The zero-order valence-electron chi connectivity index (χ0n) is 11.4. The molecule has 1 atom stereocenters. The third kappa shape index (κ3) is 2.96. The largest absolute Gasteiger partial charge is 0.493 e. The van der Waals surface area contributed by atoms with E-state index in [2.05, 4.69) is 37.1 Å². The minimum absolute atomic E-state index is 0.259. The molecule has 1 heterocycles. The fraction of sp³-hybridized carbons (Fsp3) is 0.600. The smallest absolute Gasteiger partial charge is 0.122 e. The third-order valence-electron chi connectivity index (χ3n) is 3.70. The molecular weight excluding hydrogens is 226 g/mol. The summed E-state index contributed by atoms with van der Waals surface area (Å²) in [5, 5.41) is 9.27. The van der Waals surface area contributed by atoms with Crippen LogP contribution < -0.4 is 9.64 Å². The molecule has 18 heavy (non-hydrogen) atoms. The van der Waals surface area contributed by atoms with Crippen molar-refractivity contribution in [2.24, 2.45) is 5.92 Å². The van der Waals surface area contributed by atoms with E-state index in [4.69, 9.17) is 4.74 Å². The van der Waals surface area contributed by atoms with Gasteiger partial charge in [-0.15, -0.1) is 0 Å². The maximum atomic E-state index is 9.27. The van der Waals surface area contributed by atoms with E-state index in [9.17, 15) is 5.11 Å². The van der Waals surface area contributed by atoms with Gasteiger partial charge in [0.2, 0.25) is 0 Å². The van der Waals surface area contributed by atoms with Gasteiger partial charge in [-0.1, -0.05) is 6.92 Å². The third-order valence-corrected chi connectivity index (χ3v) is 3.70. The van der Waals surface area contributed by atoms with E-state index in [1.165, 1.54) is 11.3 Å². The average Bonchev–Trinajstić information content (AvgIpc) is 2.44. The molecule has 1 aromatic rings. The van der Waals surface area contributed by atoms with Crippen LogP contribution in [0, 0.1) is 5.92 Å². The molecule has 0 saturated heterocycles. The van der Waals surface area contributed by atoms with E-state index in [-0.39, 0.29) is 6.61 Å². The van der Waals surface area contributed by atoms with Crippen molar-refractivity contribution in [1.29, 1.82) is 0 Å². The number of hydrogen-bond acceptors (Lipinski definition) is 3. The highest BCUT2D eigenvalue weighted by atomic mass is 16.5. The molecule has 0 saturated carbocycles. The van der Waals surface area contributed by atoms with Crippen LogP contribution in [0.2, 0.25) is 0 Å². The van der Waals surface area contributed by atoms with E-state index in [1.807, 2.05) is 0 Å². The number of benzene rings is 1. The molecular formula is C15H23NO2. The highest BCUT2D eigenvalue weighted by Gasteiger charge is 2.14. The van der Waals surface area contributed by atoms with Crippen LogP contribution >= 0.6 is 0 Å². The number of ether oxygens (including phenoxy) is 1. The second-order valence-corrected chi connectivity index (χ2v) is 5.08. The lowest BCUT2D eigenvalue weighted by molar-refractivity contribution is 0.225. The van der Waals surface area contributed by atoms with E-state index in [1.54, 1.807) is 0 Å². The number of aryl methyl sites for hydroxylation is 1. The number of rotatable bonds is 5. The molecule has 2 rings (SSSR count). The molecule has 1 unspecified atom stereocenters. The molecule has 0 amide bonds. The molecule has 1 N–H and O–H groups in total. The Hall–Kier alpha value is -1.22. The van der Waals surface area contributed by atoms with Gasteiger partial charge in [0.1, 0.15) is 5.75 Å². The molecule has 0 aliphatic carbocycles. The highest BCUT2D eigenvalue weighted by molar-refractivity contribution is 5.53. The Morgan fingerprint density at radius 1 is 1.44 bits per heavy atom. The minimum Gasteiger partial charge on any atom is -0.493 e. The predicted octanol–water partition coefficient (Wildman–Crippen LogP) is 2.47. The molecule has 1 aliphatic heterocycles. The molecule has 0 fully saturated rings. The normalized spacial score (nSPS) is 15.7. The minimum atomic E-state index is 0.259. The maximum absolute atomic E-state index is 9.27. The zero-order valence-corrected chi connectivity index (χ0v) is 11.4. The summed E-state index contributed by atoms with van der Waals surface area (Å²) in [5.74, 6) is 1.38. The van der Waals surface area contributed by atoms with Gasteiger partial charge in [0, 0.05) is 25.9 Å². The van der Waals surface area contributed by atoms with Gasteiger partial charge >= 0.3 is 0 Å². The van der Waals surface area contributed by atoms with Crippen LogP contribution in [0.4, 0.5) is 5.69 Å². The van der Waals surface area contributed by atoms with Crippen LogP contribution in [-0.4, -0.2) is 31.9 Å². The molecule has 1 aromatic carbocycles. The quantitative estimate of drug-likeness (QED) is 0.870. The van der Waals surface area contributed by atoms with Crippen molar-refractivity contribution in [1.82, 2.24) is 0 Å². The monoisotopic (exact) mass is 249 g/mol. The fourth-order valence-corrected chi connectivity index (χ4v) is 2.39. The molecule has 100 valence electrons. The zero-order chi connectivity index (χ0) is 13.0. The fourth-order valence-electron chi connectivity index (χ4n) is 2.39. The Labute approximate surface area is 109 Å². The molecule has 0 aromatic heterocycles. The highest BCUT2D eigenvalue weighted by Crippen LogP contribution is 2.29. The summed E-state index contributed by atoms with van der Waals surface area (Å²) in [6.45, 7) is 4.11. The topological polar surface area (TPSA) is 32.7 Å². The van der Waals surface area contributed by atoms with E-state index in [0.717, 1.165) is 38.2 Å². The molecule has 3 nitrogen and oxygen atoms in total. The summed E-state index contributed by atoms with van der Waals surface area (Å²) in [4.78, 5) is 2.22. The Balaban J connectivity index is 2.08. The molecule has 0 radical (unpaired) electrons. The van der Waals surface area contributed by atoms with Gasteiger partial charge < -0.3 is 14.7 Å². The standard InChI is InChI=1S/C15H23NO2/c1-3-12(11-17)10-16(2)14-6-7-15-13(9-14)5-4-8-18-15/h6-7,9,12,17H,3-5,8,10-11H2,1-2H3. The number of fused-ring (bicyclic) bond motifs is 1. The molecule has 3 heteroatoms. The van der Waals surface area contributed by atoms with Gasteiger partial charge in [-0.2, -0.15) is 0 Å². The van der Waals surface area contributed by atoms with Gasteiger partial charge in [0.15, 0.2) is 0 Å². The summed E-state index contributed by atoms with van der Waals surface area (Å²) < 4.78 is 5.62. The molecule has 0 bridgehead atoms. The lowest BCUT2D eigenvalue weighted by atomic mass is 10.0. The Morgan fingerprint density at radius 3 is 3.00 bits per heavy atom. The van der Waals surface area contributed by atoms with E-state index < -0.39 is 0 Å². The summed E-state index contributed by atoms with van der Waals surface area (Å²) in [5.41, 5.74) is 2.52. The first kappa shape index (κ1) is 13.2. The van der Waals surface area contributed by atoms with Crippen molar-refractivity contribution >= 4 is 5.69 Å². The van der Waals surface area contributed by atoms with Gasteiger partial charge in [-0.05, 0) is 48.9 Å². The van der Waals surface area contributed by atoms with Crippen LogP contribution in [0.3, 0.4) is 0 Å². The van der Waals surface area contributed by atoms with Crippen molar-refractivity contribution in [3.8, 4) is 5.75 Å². The lowest BCUT2D eigenvalue weighted by Gasteiger charge is -2.26. The van der Waals surface area contributed by atoms with Crippen molar-refractivity contribution in [3.63, 3.8) is 0 Å². The van der Waals surface area contributed by atoms with Gasteiger partial charge in [-0.25, -0.2) is 0 Å². The second-order valence-electron chi connectivity index (χ2n) is 5.08. The van der Waals surface area contributed by atoms with Gasteiger partial charge in [0.25, 0.3) is 0 Å². The summed E-state index contributed by atoms with van der Waals surface area (Å²) in [6, 6.07) is 6.40. The van der Waals surface area contributed by atoms with Crippen LogP contribution in [0.5, 0.6) is 5.75 Å². The number of hydrogen-bond donors (Lipinski definition) is 1.